The van der Waals surface area contributed by atoms with Gasteiger partial charge in [-0.05, 0) is 60.2 Å². The Labute approximate surface area is 144 Å². The fourth-order valence-corrected chi connectivity index (χ4v) is 3.34. The number of hydrogen-bond acceptors (Lipinski definition) is 2. The number of ether oxygens (including phenoxy) is 1. The summed E-state index contributed by atoms with van der Waals surface area (Å²) in [4.78, 5) is 12.2. The molecule has 2 aromatic carbocycles. The summed E-state index contributed by atoms with van der Waals surface area (Å²) in [6.07, 6.45) is 10.2. The molecule has 2 nitrogen and oxygen atoms in total. The van der Waals surface area contributed by atoms with Gasteiger partial charge in [-0.1, -0.05) is 49.6 Å². The lowest BCUT2D eigenvalue weighted by molar-refractivity contribution is 0.104. The van der Waals surface area contributed by atoms with E-state index < -0.39 is 0 Å². The van der Waals surface area contributed by atoms with E-state index in [0.717, 1.165) is 17.2 Å². The van der Waals surface area contributed by atoms with Crippen LogP contribution in [-0.4, -0.2) is 12.9 Å². The quantitative estimate of drug-likeness (QED) is 0.526. The Morgan fingerprint density at radius 3 is 2.25 bits per heavy atom. The predicted octanol–water partition coefficient (Wildman–Crippen LogP) is 5.64. The number of hydrogen-bond donors (Lipinski definition) is 0. The number of carbonyl (C=O) groups excluding carboxylic acids is 1. The number of rotatable bonds is 5. The molecule has 0 aliphatic heterocycles. The van der Waals surface area contributed by atoms with Crippen molar-refractivity contribution in [1.82, 2.24) is 0 Å². The summed E-state index contributed by atoms with van der Waals surface area (Å²) in [6, 6.07) is 15.8. The second-order valence-electron chi connectivity index (χ2n) is 6.43. The van der Waals surface area contributed by atoms with E-state index in [9.17, 15) is 4.79 Å². The Kier molecular flexibility index (Phi) is 5.47. The van der Waals surface area contributed by atoms with Crippen molar-refractivity contribution in [1.29, 1.82) is 0 Å². The third kappa shape index (κ3) is 4.14. The summed E-state index contributed by atoms with van der Waals surface area (Å²) in [5.41, 5.74) is 3.18. The number of carbonyl (C=O) groups is 1. The van der Waals surface area contributed by atoms with Crippen LogP contribution in [0.1, 0.15) is 59.5 Å². The van der Waals surface area contributed by atoms with Crippen LogP contribution < -0.4 is 4.74 Å². The van der Waals surface area contributed by atoms with Crippen molar-refractivity contribution in [2.24, 2.45) is 0 Å². The van der Waals surface area contributed by atoms with Crippen molar-refractivity contribution in [3.05, 3.63) is 71.3 Å². The summed E-state index contributed by atoms with van der Waals surface area (Å²) in [7, 11) is 1.62. The molecule has 3 rings (SSSR count). The van der Waals surface area contributed by atoms with Crippen molar-refractivity contribution in [2.75, 3.05) is 7.11 Å². The Balaban J connectivity index is 1.63. The molecule has 2 aromatic rings. The Morgan fingerprint density at radius 1 is 0.958 bits per heavy atom. The molecule has 0 spiro atoms. The Morgan fingerprint density at radius 2 is 1.62 bits per heavy atom. The summed E-state index contributed by atoms with van der Waals surface area (Å²) in [6.45, 7) is 0. The van der Waals surface area contributed by atoms with Gasteiger partial charge in [-0.3, -0.25) is 4.79 Å². The van der Waals surface area contributed by atoms with E-state index in [2.05, 4.69) is 24.3 Å². The van der Waals surface area contributed by atoms with Crippen LogP contribution in [0.25, 0.3) is 6.08 Å². The first-order chi connectivity index (χ1) is 11.8. The van der Waals surface area contributed by atoms with E-state index in [1.807, 2.05) is 6.08 Å². The van der Waals surface area contributed by atoms with Crippen LogP contribution >= 0.6 is 0 Å². The molecule has 1 saturated carbocycles. The highest BCUT2D eigenvalue weighted by atomic mass is 16.5. The van der Waals surface area contributed by atoms with Gasteiger partial charge in [0.25, 0.3) is 0 Å². The predicted molar refractivity (Wildman–Crippen MR) is 98.6 cm³/mol. The average molecular weight is 320 g/mol. The molecule has 0 unspecified atom stereocenters. The molecular formula is C22H24O2. The topological polar surface area (TPSA) is 26.3 Å². The van der Waals surface area contributed by atoms with Crippen molar-refractivity contribution < 1.29 is 9.53 Å². The molecular weight excluding hydrogens is 296 g/mol. The molecule has 0 atom stereocenters. The molecule has 1 aliphatic carbocycles. The Bertz CT molecular complexity index is 690. The van der Waals surface area contributed by atoms with E-state index in [0.29, 0.717) is 5.56 Å². The van der Waals surface area contributed by atoms with Crippen LogP contribution in [0.4, 0.5) is 0 Å². The first kappa shape index (κ1) is 16.5. The van der Waals surface area contributed by atoms with Crippen LogP contribution in [0, 0.1) is 0 Å². The number of methoxy groups -OCH3 is 1. The van der Waals surface area contributed by atoms with Crippen LogP contribution in [-0.2, 0) is 0 Å². The third-order valence-electron chi connectivity index (χ3n) is 4.81. The highest BCUT2D eigenvalue weighted by Crippen LogP contribution is 2.32. The van der Waals surface area contributed by atoms with Crippen molar-refractivity contribution in [3.8, 4) is 5.75 Å². The normalized spacial score (nSPS) is 15.5. The van der Waals surface area contributed by atoms with Crippen LogP contribution in [0.3, 0.4) is 0 Å². The molecule has 0 bridgehead atoms. The van der Waals surface area contributed by atoms with Gasteiger partial charge in [0.1, 0.15) is 5.75 Å². The van der Waals surface area contributed by atoms with Gasteiger partial charge < -0.3 is 4.74 Å². The SMILES string of the molecule is COc1ccc(C(=O)C=Cc2ccc(C3CCCCC3)cc2)cc1. The summed E-state index contributed by atoms with van der Waals surface area (Å²) < 4.78 is 5.11. The maximum absolute atomic E-state index is 12.2. The van der Waals surface area contributed by atoms with Gasteiger partial charge in [-0.15, -0.1) is 0 Å². The van der Waals surface area contributed by atoms with Crippen molar-refractivity contribution >= 4 is 11.9 Å². The van der Waals surface area contributed by atoms with Gasteiger partial charge in [0, 0.05) is 5.56 Å². The van der Waals surface area contributed by atoms with E-state index in [1.54, 1.807) is 37.5 Å². The van der Waals surface area contributed by atoms with Crippen molar-refractivity contribution in [2.45, 2.75) is 38.0 Å². The van der Waals surface area contributed by atoms with Crippen LogP contribution in [0.15, 0.2) is 54.6 Å². The molecule has 24 heavy (non-hydrogen) atoms. The standard InChI is InChI=1S/C22H24O2/c1-24-21-14-12-20(13-15-21)22(23)16-9-17-7-10-19(11-8-17)18-5-3-2-4-6-18/h7-16,18H,2-6H2,1H3. The van der Waals surface area contributed by atoms with Gasteiger partial charge in [0.2, 0.25) is 0 Å². The zero-order chi connectivity index (χ0) is 16.8. The lowest BCUT2D eigenvalue weighted by atomic mass is 9.84. The lowest BCUT2D eigenvalue weighted by Crippen LogP contribution is -2.04. The molecule has 0 N–H and O–H groups in total. The van der Waals surface area contributed by atoms with Crippen LogP contribution in [0.2, 0.25) is 0 Å². The van der Waals surface area contributed by atoms with Crippen LogP contribution in [0.5, 0.6) is 5.75 Å². The van der Waals surface area contributed by atoms with E-state index in [4.69, 9.17) is 4.74 Å². The Hall–Kier alpha value is -2.35. The highest BCUT2D eigenvalue weighted by Gasteiger charge is 2.14. The van der Waals surface area contributed by atoms with Gasteiger partial charge in [-0.25, -0.2) is 0 Å². The number of allylic oxidation sites excluding steroid dienone is 1. The second kappa shape index (κ2) is 7.96. The zero-order valence-electron chi connectivity index (χ0n) is 14.2. The van der Waals surface area contributed by atoms with E-state index in [-0.39, 0.29) is 5.78 Å². The molecule has 1 fully saturated rings. The molecule has 0 heterocycles. The molecule has 0 radical (unpaired) electrons. The summed E-state index contributed by atoms with van der Waals surface area (Å²) >= 11 is 0. The van der Waals surface area contributed by atoms with Gasteiger partial charge in [0.05, 0.1) is 7.11 Å². The minimum Gasteiger partial charge on any atom is -0.497 e. The maximum atomic E-state index is 12.2. The minimum absolute atomic E-state index is 0.00834. The molecule has 124 valence electrons. The monoisotopic (exact) mass is 320 g/mol. The third-order valence-corrected chi connectivity index (χ3v) is 4.81. The second-order valence-corrected chi connectivity index (χ2v) is 6.43. The summed E-state index contributed by atoms with van der Waals surface area (Å²) in [5.74, 6) is 1.49. The van der Waals surface area contributed by atoms with E-state index >= 15 is 0 Å². The largest absolute Gasteiger partial charge is 0.497 e. The number of benzene rings is 2. The molecule has 0 amide bonds. The molecule has 1 aliphatic rings. The number of ketones is 1. The minimum atomic E-state index is 0.00834. The van der Waals surface area contributed by atoms with Gasteiger partial charge in [0.15, 0.2) is 5.78 Å². The summed E-state index contributed by atoms with van der Waals surface area (Å²) in [5, 5.41) is 0. The van der Waals surface area contributed by atoms with Gasteiger partial charge in [-0.2, -0.15) is 0 Å². The molecule has 0 saturated heterocycles. The van der Waals surface area contributed by atoms with Crippen molar-refractivity contribution in [3.63, 3.8) is 0 Å². The smallest absolute Gasteiger partial charge is 0.185 e. The average Bonchev–Trinajstić information content (AvgIpc) is 2.67. The maximum Gasteiger partial charge on any atom is 0.185 e. The van der Waals surface area contributed by atoms with Gasteiger partial charge >= 0.3 is 0 Å². The highest BCUT2D eigenvalue weighted by molar-refractivity contribution is 6.06. The molecule has 0 aromatic heterocycles. The van der Waals surface area contributed by atoms with E-state index in [1.165, 1.54) is 37.7 Å². The fourth-order valence-electron chi connectivity index (χ4n) is 3.34. The zero-order valence-corrected chi connectivity index (χ0v) is 14.2. The first-order valence-corrected chi connectivity index (χ1v) is 8.73. The first-order valence-electron chi connectivity index (χ1n) is 8.73. The lowest BCUT2D eigenvalue weighted by Gasteiger charge is -2.21. The molecule has 2 heteroatoms. The fraction of sp³-hybridized carbons (Fsp3) is 0.318.